The molecule has 31 heavy (non-hydrogen) atoms. The Morgan fingerprint density at radius 1 is 0.903 bits per heavy atom. The molecule has 7 heteroatoms. The summed E-state index contributed by atoms with van der Waals surface area (Å²) < 4.78 is 27.4. The number of hydrogen-bond acceptors (Lipinski definition) is 4. The number of allylic oxidation sites excluding steroid dienone is 1. The number of hydrogen-bond donors (Lipinski definition) is 2. The summed E-state index contributed by atoms with van der Waals surface area (Å²) in [4.78, 5) is 12.4. The van der Waals surface area contributed by atoms with Gasteiger partial charge in [-0.1, -0.05) is 54.1 Å². The Morgan fingerprint density at radius 2 is 1.55 bits per heavy atom. The van der Waals surface area contributed by atoms with E-state index in [1.54, 1.807) is 30.5 Å². The van der Waals surface area contributed by atoms with E-state index in [-0.39, 0.29) is 4.90 Å². The molecule has 158 valence electrons. The average Bonchev–Trinajstić information content (AvgIpc) is 2.75. The molecule has 3 rings (SSSR count). The molecular weight excluding hydrogens is 410 g/mol. The Kier molecular flexibility index (Phi) is 6.99. The van der Waals surface area contributed by atoms with E-state index in [2.05, 4.69) is 15.2 Å². The van der Waals surface area contributed by atoms with Gasteiger partial charge in [0.1, 0.15) is 0 Å². The average molecular weight is 434 g/mol. The highest BCUT2D eigenvalue weighted by Gasteiger charge is 2.14. The predicted molar refractivity (Wildman–Crippen MR) is 124 cm³/mol. The lowest BCUT2D eigenvalue weighted by Crippen LogP contribution is -2.18. The number of sulfonamides is 1. The number of rotatable bonds is 7. The highest BCUT2D eigenvalue weighted by molar-refractivity contribution is 7.92. The van der Waals surface area contributed by atoms with Crippen molar-refractivity contribution in [2.45, 2.75) is 18.7 Å². The van der Waals surface area contributed by atoms with Crippen LogP contribution in [0.2, 0.25) is 0 Å². The summed E-state index contributed by atoms with van der Waals surface area (Å²) in [5.41, 5.74) is 6.09. The van der Waals surface area contributed by atoms with Crippen molar-refractivity contribution in [1.29, 1.82) is 0 Å². The van der Waals surface area contributed by atoms with E-state index >= 15 is 0 Å². The van der Waals surface area contributed by atoms with E-state index < -0.39 is 15.9 Å². The number of hydrazone groups is 1. The van der Waals surface area contributed by atoms with E-state index in [0.29, 0.717) is 11.3 Å². The Bertz CT molecular complexity index is 1200. The van der Waals surface area contributed by atoms with E-state index in [1.807, 2.05) is 50.3 Å². The Balaban J connectivity index is 1.60. The van der Waals surface area contributed by atoms with Crippen LogP contribution in [0.25, 0.3) is 6.08 Å². The van der Waals surface area contributed by atoms with Crippen molar-refractivity contribution in [2.24, 2.45) is 5.10 Å². The molecule has 3 aromatic carbocycles. The van der Waals surface area contributed by atoms with Gasteiger partial charge in [-0.15, -0.1) is 0 Å². The SMILES string of the molecule is CC(=C/c1ccccc1)/C=N/NC(=O)c1ccc(NS(=O)(=O)c2ccc(C)cc2)cc1. The third kappa shape index (κ3) is 6.38. The van der Waals surface area contributed by atoms with Crippen LogP contribution >= 0.6 is 0 Å². The second-order valence-electron chi connectivity index (χ2n) is 6.99. The molecule has 0 fully saturated rings. The molecule has 0 aliphatic rings. The summed E-state index contributed by atoms with van der Waals surface area (Å²) in [5, 5.41) is 3.97. The Labute approximate surface area is 182 Å². The van der Waals surface area contributed by atoms with Crippen molar-refractivity contribution in [3.05, 3.63) is 101 Å². The zero-order valence-corrected chi connectivity index (χ0v) is 18.1. The number of benzene rings is 3. The van der Waals surface area contributed by atoms with Crippen LogP contribution in [0.3, 0.4) is 0 Å². The molecule has 0 aromatic heterocycles. The second-order valence-corrected chi connectivity index (χ2v) is 8.68. The molecule has 2 N–H and O–H groups in total. The number of aryl methyl sites for hydroxylation is 1. The van der Waals surface area contributed by atoms with Crippen molar-refractivity contribution in [3.63, 3.8) is 0 Å². The summed E-state index contributed by atoms with van der Waals surface area (Å²) in [6.07, 6.45) is 3.51. The van der Waals surface area contributed by atoms with E-state index in [4.69, 9.17) is 0 Å². The first-order valence-electron chi connectivity index (χ1n) is 9.60. The molecule has 6 nitrogen and oxygen atoms in total. The minimum atomic E-state index is -3.69. The maximum Gasteiger partial charge on any atom is 0.271 e. The van der Waals surface area contributed by atoms with Gasteiger partial charge in [0.2, 0.25) is 0 Å². The molecule has 0 saturated heterocycles. The number of carbonyl (C=O) groups is 1. The zero-order valence-electron chi connectivity index (χ0n) is 17.2. The second kappa shape index (κ2) is 9.86. The van der Waals surface area contributed by atoms with Gasteiger partial charge in [-0.2, -0.15) is 5.10 Å². The molecule has 0 unspecified atom stereocenters. The van der Waals surface area contributed by atoms with Crippen molar-refractivity contribution in [1.82, 2.24) is 5.43 Å². The highest BCUT2D eigenvalue weighted by Crippen LogP contribution is 2.17. The summed E-state index contributed by atoms with van der Waals surface area (Å²) in [6.45, 7) is 3.77. The van der Waals surface area contributed by atoms with Gasteiger partial charge < -0.3 is 0 Å². The quantitative estimate of drug-likeness (QED) is 0.421. The van der Waals surface area contributed by atoms with Gasteiger partial charge in [-0.25, -0.2) is 13.8 Å². The van der Waals surface area contributed by atoms with Crippen LogP contribution in [-0.2, 0) is 10.0 Å². The lowest BCUT2D eigenvalue weighted by molar-refractivity contribution is 0.0955. The fraction of sp³-hybridized carbons (Fsp3) is 0.0833. The Morgan fingerprint density at radius 3 is 2.19 bits per heavy atom. The molecule has 0 atom stereocenters. The van der Waals surface area contributed by atoms with Gasteiger partial charge in [-0.3, -0.25) is 9.52 Å². The number of carbonyl (C=O) groups excluding carboxylic acids is 1. The molecule has 0 bridgehead atoms. The number of amides is 1. The van der Waals surface area contributed by atoms with Crippen LogP contribution in [0.5, 0.6) is 0 Å². The fourth-order valence-electron chi connectivity index (χ4n) is 2.73. The monoisotopic (exact) mass is 433 g/mol. The molecular formula is C24H23N3O3S. The van der Waals surface area contributed by atoms with Crippen LogP contribution in [0, 0.1) is 6.92 Å². The minimum Gasteiger partial charge on any atom is -0.280 e. The maximum atomic E-state index is 12.5. The Hall–Kier alpha value is -3.71. The van der Waals surface area contributed by atoms with Gasteiger partial charge in [-0.05, 0) is 61.4 Å². The fourth-order valence-corrected chi connectivity index (χ4v) is 3.79. The largest absolute Gasteiger partial charge is 0.280 e. The van der Waals surface area contributed by atoms with Crippen LogP contribution in [0.15, 0.2) is 94.4 Å². The molecule has 0 saturated carbocycles. The van der Waals surface area contributed by atoms with Gasteiger partial charge in [0.05, 0.1) is 11.1 Å². The van der Waals surface area contributed by atoms with Crippen molar-refractivity contribution in [3.8, 4) is 0 Å². The topological polar surface area (TPSA) is 87.6 Å². The lowest BCUT2D eigenvalue weighted by Gasteiger charge is -2.09. The number of nitrogens with one attached hydrogen (secondary N) is 2. The smallest absolute Gasteiger partial charge is 0.271 e. The first-order chi connectivity index (χ1) is 14.8. The van der Waals surface area contributed by atoms with Crippen LogP contribution in [-0.4, -0.2) is 20.5 Å². The third-order valence-electron chi connectivity index (χ3n) is 4.36. The summed E-state index contributed by atoms with van der Waals surface area (Å²) in [6, 6.07) is 22.5. The van der Waals surface area contributed by atoms with Crippen LogP contribution < -0.4 is 10.1 Å². The van der Waals surface area contributed by atoms with Crippen molar-refractivity contribution in [2.75, 3.05) is 4.72 Å². The molecule has 3 aromatic rings. The van der Waals surface area contributed by atoms with Gasteiger partial charge in [0.15, 0.2) is 0 Å². The minimum absolute atomic E-state index is 0.174. The van der Waals surface area contributed by atoms with Crippen LogP contribution in [0.1, 0.15) is 28.4 Å². The van der Waals surface area contributed by atoms with Gasteiger partial charge in [0.25, 0.3) is 15.9 Å². The van der Waals surface area contributed by atoms with Crippen molar-refractivity contribution >= 4 is 33.9 Å². The molecule has 0 spiro atoms. The maximum absolute atomic E-state index is 12.5. The normalized spacial score (nSPS) is 12.0. The van der Waals surface area contributed by atoms with Gasteiger partial charge in [0, 0.05) is 11.3 Å². The first kappa shape index (κ1) is 22.0. The summed E-state index contributed by atoms with van der Waals surface area (Å²) in [7, 11) is -3.69. The molecule has 1 amide bonds. The molecule has 0 aliphatic carbocycles. The van der Waals surface area contributed by atoms with E-state index in [1.165, 1.54) is 24.3 Å². The number of nitrogens with zero attached hydrogens (tertiary/aromatic N) is 1. The zero-order chi connectivity index (χ0) is 22.3. The first-order valence-corrected chi connectivity index (χ1v) is 11.1. The molecule has 0 aliphatic heterocycles. The molecule has 0 radical (unpaired) electrons. The molecule has 0 heterocycles. The standard InChI is InChI=1S/C24H23N3O3S/c1-18-8-14-23(15-9-18)31(29,30)27-22-12-10-21(11-13-22)24(28)26-25-17-19(2)16-20-6-4-3-5-7-20/h3-17,27H,1-2H3,(H,26,28)/b19-16-,25-17+. The lowest BCUT2D eigenvalue weighted by atomic mass is 10.1. The van der Waals surface area contributed by atoms with E-state index in [9.17, 15) is 13.2 Å². The predicted octanol–water partition coefficient (Wildman–Crippen LogP) is 4.61. The van der Waals surface area contributed by atoms with Crippen molar-refractivity contribution < 1.29 is 13.2 Å². The van der Waals surface area contributed by atoms with Crippen LogP contribution in [0.4, 0.5) is 5.69 Å². The summed E-state index contributed by atoms with van der Waals surface area (Å²) >= 11 is 0. The highest BCUT2D eigenvalue weighted by atomic mass is 32.2. The number of anilines is 1. The van der Waals surface area contributed by atoms with Gasteiger partial charge >= 0.3 is 0 Å². The summed E-state index contributed by atoms with van der Waals surface area (Å²) in [5.74, 6) is -0.392. The van der Waals surface area contributed by atoms with E-state index in [0.717, 1.165) is 16.7 Å². The third-order valence-corrected chi connectivity index (χ3v) is 5.76.